The fraction of sp³-hybridized carbons (Fsp3) is 0.100. The molecule has 1 nitrogen and oxygen atoms in total. The van der Waals surface area contributed by atoms with E-state index >= 15 is 0 Å². The minimum atomic E-state index is -0.761. The topological polar surface area (TPSA) is 17.1 Å². The third kappa shape index (κ3) is 3.14. The Labute approximate surface area is 183 Å². The van der Waals surface area contributed by atoms with Gasteiger partial charge in [0.2, 0.25) is 0 Å². The molecule has 0 bridgehead atoms. The predicted molar refractivity (Wildman–Crippen MR) is 126 cm³/mol. The molecule has 1 aliphatic rings. The van der Waals surface area contributed by atoms with Crippen molar-refractivity contribution in [2.75, 3.05) is 0 Å². The molecule has 0 aliphatic heterocycles. The van der Waals surface area contributed by atoms with Crippen LogP contribution < -0.4 is 0 Å². The van der Waals surface area contributed by atoms with Gasteiger partial charge < -0.3 is 0 Å². The lowest BCUT2D eigenvalue weighted by molar-refractivity contribution is -0.119. The highest BCUT2D eigenvalue weighted by Crippen LogP contribution is 2.51. The van der Waals surface area contributed by atoms with Crippen LogP contribution in [0.1, 0.15) is 28.7 Å². The van der Waals surface area contributed by atoms with Gasteiger partial charge in [-0.25, -0.2) is 0 Å². The lowest BCUT2D eigenvalue weighted by atomic mass is 9.55. The SMILES string of the molecule is O=C1C=CC(c2ccccc2)(c2ccccc2)CC1(c1ccccc1)c1ccccc1. The molecule has 0 spiro atoms. The van der Waals surface area contributed by atoms with Crippen molar-refractivity contribution < 1.29 is 4.79 Å². The molecule has 0 saturated heterocycles. The molecule has 0 atom stereocenters. The fourth-order valence-electron chi connectivity index (χ4n) is 5.06. The van der Waals surface area contributed by atoms with Crippen LogP contribution in [0.3, 0.4) is 0 Å². The summed E-state index contributed by atoms with van der Waals surface area (Å²) in [6.45, 7) is 0. The molecule has 0 unspecified atom stereocenters. The average Bonchev–Trinajstić information content (AvgIpc) is 2.87. The summed E-state index contributed by atoms with van der Waals surface area (Å²) in [5.74, 6) is 0.132. The maximum atomic E-state index is 13.8. The van der Waals surface area contributed by atoms with E-state index in [1.165, 1.54) is 11.1 Å². The normalized spacial score (nSPS) is 16.7. The standard InChI is InChI=1S/C30H24O/c31-28-21-22-29(24-13-5-1-6-14-24,25-15-7-2-8-16-25)23-30(28,26-17-9-3-10-18-26)27-19-11-4-12-20-27/h1-22H,23H2. The second kappa shape index (κ2) is 7.85. The first kappa shape index (κ1) is 19.3. The minimum absolute atomic E-state index is 0.132. The van der Waals surface area contributed by atoms with Crippen LogP contribution in [0.25, 0.3) is 0 Å². The van der Waals surface area contributed by atoms with E-state index < -0.39 is 10.8 Å². The van der Waals surface area contributed by atoms with E-state index in [1.807, 2.05) is 54.6 Å². The number of allylic oxidation sites excluding steroid dienone is 2. The highest BCUT2D eigenvalue weighted by atomic mass is 16.1. The molecule has 0 aromatic heterocycles. The summed E-state index contributed by atoms with van der Waals surface area (Å²) in [6, 6.07) is 41.6. The van der Waals surface area contributed by atoms with Crippen LogP contribution >= 0.6 is 0 Å². The van der Waals surface area contributed by atoms with Crippen molar-refractivity contribution in [3.63, 3.8) is 0 Å². The van der Waals surface area contributed by atoms with E-state index in [0.717, 1.165) is 11.1 Å². The van der Waals surface area contributed by atoms with Crippen LogP contribution in [0.5, 0.6) is 0 Å². The Hall–Kier alpha value is -3.71. The fourth-order valence-corrected chi connectivity index (χ4v) is 5.06. The van der Waals surface area contributed by atoms with Crippen molar-refractivity contribution in [3.05, 3.63) is 156 Å². The van der Waals surface area contributed by atoms with Crippen molar-refractivity contribution >= 4 is 5.78 Å². The van der Waals surface area contributed by atoms with Gasteiger partial charge >= 0.3 is 0 Å². The Bertz CT molecular complexity index is 1110. The van der Waals surface area contributed by atoms with Gasteiger partial charge in [-0.3, -0.25) is 4.79 Å². The quantitative estimate of drug-likeness (QED) is 0.383. The number of hydrogen-bond acceptors (Lipinski definition) is 1. The highest BCUT2D eigenvalue weighted by Gasteiger charge is 2.50. The van der Waals surface area contributed by atoms with Crippen molar-refractivity contribution in [2.24, 2.45) is 0 Å². The maximum absolute atomic E-state index is 13.8. The summed E-state index contributed by atoms with van der Waals surface area (Å²) in [7, 11) is 0. The van der Waals surface area contributed by atoms with Gasteiger partial charge in [-0.1, -0.05) is 127 Å². The number of carbonyl (C=O) groups excluding carboxylic acids is 1. The van der Waals surface area contributed by atoms with Gasteiger partial charge in [0, 0.05) is 5.41 Å². The van der Waals surface area contributed by atoms with E-state index in [4.69, 9.17) is 0 Å². The van der Waals surface area contributed by atoms with Crippen molar-refractivity contribution in [2.45, 2.75) is 17.3 Å². The maximum Gasteiger partial charge on any atom is 0.170 e. The number of benzene rings is 4. The Balaban J connectivity index is 1.82. The number of hydrogen-bond donors (Lipinski definition) is 0. The largest absolute Gasteiger partial charge is 0.293 e. The van der Waals surface area contributed by atoms with E-state index in [-0.39, 0.29) is 5.78 Å². The van der Waals surface area contributed by atoms with Gasteiger partial charge in [0.25, 0.3) is 0 Å². The van der Waals surface area contributed by atoms with E-state index in [1.54, 1.807) is 0 Å². The molecule has 4 aromatic rings. The predicted octanol–water partition coefficient (Wildman–Crippen LogP) is 6.49. The molecular weight excluding hydrogens is 376 g/mol. The van der Waals surface area contributed by atoms with Crippen molar-refractivity contribution in [1.82, 2.24) is 0 Å². The summed E-state index contributed by atoms with van der Waals surface area (Å²) in [4.78, 5) is 13.8. The second-order valence-corrected chi connectivity index (χ2v) is 8.22. The molecule has 0 fully saturated rings. The van der Waals surface area contributed by atoms with E-state index in [2.05, 4.69) is 78.9 Å². The third-order valence-corrected chi connectivity index (χ3v) is 6.59. The van der Waals surface area contributed by atoms with Gasteiger partial charge in [-0.2, -0.15) is 0 Å². The monoisotopic (exact) mass is 400 g/mol. The first-order valence-electron chi connectivity index (χ1n) is 10.7. The molecule has 4 aromatic carbocycles. The molecule has 5 rings (SSSR count). The zero-order chi connectivity index (χ0) is 21.2. The van der Waals surface area contributed by atoms with Crippen LogP contribution in [0.4, 0.5) is 0 Å². The number of ketones is 1. The van der Waals surface area contributed by atoms with Crippen LogP contribution in [0.2, 0.25) is 0 Å². The van der Waals surface area contributed by atoms with Crippen LogP contribution in [0.15, 0.2) is 133 Å². The average molecular weight is 401 g/mol. The first-order chi connectivity index (χ1) is 15.3. The van der Waals surface area contributed by atoms with Crippen LogP contribution in [-0.2, 0) is 15.6 Å². The second-order valence-electron chi connectivity index (χ2n) is 8.22. The third-order valence-electron chi connectivity index (χ3n) is 6.59. The van der Waals surface area contributed by atoms with Crippen LogP contribution in [0, 0.1) is 0 Å². The zero-order valence-corrected chi connectivity index (χ0v) is 17.3. The summed E-state index contributed by atoms with van der Waals surface area (Å²) in [6.07, 6.45) is 4.56. The molecule has 31 heavy (non-hydrogen) atoms. The summed E-state index contributed by atoms with van der Waals surface area (Å²) < 4.78 is 0. The molecule has 0 heterocycles. The van der Waals surface area contributed by atoms with Crippen molar-refractivity contribution in [3.8, 4) is 0 Å². The van der Waals surface area contributed by atoms with Gasteiger partial charge in [0.05, 0.1) is 5.41 Å². The van der Waals surface area contributed by atoms with E-state index in [9.17, 15) is 4.79 Å². The molecular formula is C30H24O. The van der Waals surface area contributed by atoms with Gasteiger partial charge in [-0.05, 0) is 34.8 Å². The smallest absolute Gasteiger partial charge is 0.170 e. The van der Waals surface area contributed by atoms with E-state index in [0.29, 0.717) is 6.42 Å². The first-order valence-corrected chi connectivity index (χ1v) is 10.7. The number of rotatable bonds is 4. The number of carbonyl (C=O) groups is 1. The zero-order valence-electron chi connectivity index (χ0n) is 17.3. The Morgan fingerprint density at radius 2 is 0.839 bits per heavy atom. The summed E-state index contributed by atoms with van der Waals surface area (Å²) in [5, 5.41) is 0. The van der Waals surface area contributed by atoms with Crippen molar-refractivity contribution in [1.29, 1.82) is 0 Å². The molecule has 0 radical (unpaired) electrons. The van der Waals surface area contributed by atoms with Crippen LogP contribution in [-0.4, -0.2) is 5.78 Å². The molecule has 1 heteroatoms. The molecule has 150 valence electrons. The van der Waals surface area contributed by atoms with Gasteiger partial charge in [0.1, 0.15) is 0 Å². The minimum Gasteiger partial charge on any atom is -0.293 e. The molecule has 0 N–H and O–H groups in total. The lowest BCUT2D eigenvalue weighted by Crippen LogP contribution is -2.46. The summed E-state index contributed by atoms with van der Waals surface area (Å²) in [5.41, 5.74) is 3.28. The molecule has 0 saturated carbocycles. The lowest BCUT2D eigenvalue weighted by Gasteiger charge is -2.45. The molecule has 0 amide bonds. The van der Waals surface area contributed by atoms with Gasteiger partial charge in [0.15, 0.2) is 5.78 Å². The Morgan fingerprint density at radius 3 is 1.23 bits per heavy atom. The Morgan fingerprint density at radius 1 is 0.484 bits per heavy atom. The summed E-state index contributed by atoms with van der Waals surface area (Å²) >= 11 is 0. The Kier molecular flexibility index (Phi) is 4.88. The molecule has 1 aliphatic carbocycles. The van der Waals surface area contributed by atoms with Gasteiger partial charge in [-0.15, -0.1) is 0 Å². The highest BCUT2D eigenvalue weighted by molar-refractivity contribution is 6.03.